The van der Waals surface area contributed by atoms with E-state index in [0.29, 0.717) is 16.7 Å². The summed E-state index contributed by atoms with van der Waals surface area (Å²) in [7, 11) is 4.11. The summed E-state index contributed by atoms with van der Waals surface area (Å²) in [5.41, 5.74) is 11.4. The Morgan fingerprint density at radius 2 is 1.92 bits per heavy atom. The third kappa shape index (κ3) is 4.76. The number of nitrogens with zero attached hydrogens (tertiary/aromatic N) is 1. The molecule has 1 aromatic rings. The number of allylic oxidation sites excluding steroid dienone is 2. The van der Waals surface area contributed by atoms with Crippen molar-refractivity contribution in [2.24, 2.45) is 46.2 Å². The van der Waals surface area contributed by atoms with Crippen LogP contribution in [0.4, 0.5) is 0 Å². The van der Waals surface area contributed by atoms with Gasteiger partial charge in [0.2, 0.25) is 0 Å². The van der Waals surface area contributed by atoms with E-state index in [4.69, 9.17) is 5.73 Å². The van der Waals surface area contributed by atoms with Crippen LogP contribution < -0.4 is 5.73 Å². The van der Waals surface area contributed by atoms with E-state index in [1.807, 2.05) is 17.0 Å². The average molecular weight is 530 g/mol. The molecule has 5 rings (SSSR count). The molecule has 0 radical (unpaired) electrons. The second-order valence-corrected chi connectivity index (χ2v) is 16.5. The summed E-state index contributed by atoms with van der Waals surface area (Å²) in [4.78, 5) is 7.40. The molecule has 8 atom stereocenters. The molecule has 3 saturated carbocycles. The molecular formula is C31H51N3S2. The molecule has 4 aliphatic carbocycles. The van der Waals surface area contributed by atoms with Gasteiger partial charge >= 0.3 is 0 Å². The van der Waals surface area contributed by atoms with Crippen LogP contribution in [0, 0.1) is 40.4 Å². The van der Waals surface area contributed by atoms with Crippen LogP contribution in [0.2, 0.25) is 0 Å². The maximum Gasteiger partial charge on any atom is 0.0921 e. The fourth-order valence-electron chi connectivity index (χ4n) is 9.34. The van der Waals surface area contributed by atoms with Gasteiger partial charge in [0, 0.05) is 28.4 Å². The van der Waals surface area contributed by atoms with Gasteiger partial charge in [0.25, 0.3) is 0 Å². The molecular weight excluding hydrogens is 478 g/mol. The van der Waals surface area contributed by atoms with Crippen molar-refractivity contribution in [3.63, 3.8) is 0 Å². The Morgan fingerprint density at radius 1 is 1.08 bits per heavy atom. The zero-order valence-electron chi connectivity index (χ0n) is 23.5. The number of aromatic amines is 1. The first-order valence-corrected chi connectivity index (χ1v) is 17.3. The molecule has 0 aliphatic heterocycles. The molecule has 36 heavy (non-hydrogen) atoms. The molecule has 0 spiro atoms. The fourth-order valence-corrected chi connectivity index (χ4v) is 12.0. The third-order valence-corrected chi connectivity index (χ3v) is 14.4. The van der Waals surface area contributed by atoms with E-state index >= 15 is 0 Å². The quantitative estimate of drug-likeness (QED) is 0.248. The maximum absolute atomic E-state index is 7.63. The first-order chi connectivity index (χ1) is 17.2. The summed E-state index contributed by atoms with van der Waals surface area (Å²) in [6.07, 6.45) is 21.2. The van der Waals surface area contributed by atoms with Crippen LogP contribution in [0.3, 0.4) is 0 Å². The van der Waals surface area contributed by atoms with E-state index in [-0.39, 0.29) is 5.54 Å². The lowest BCUT2D eigenvalue weighted by Gasteiger charge is -2.62. The average Bonchev–Trinajstić information content (AvgIpc) is 3.44. The monoisotopic (exact) mass is 529 g/mol. The normalized spacial score (nSPS) is 40.9. The molecule has 3 fully saturated rings. The van der Waals surface area contributed by atoms with Crippen molar-refractivity contribution in [1.82, 2.24) is 9.97 Å². The predicted octanol–water partition coefficient (Wildman–Crippen LogP) is 8.78. The van der Waals surface area contributed by atoms with E-state index in [0.717, 1.165) is 34.7 Å². The number of H-pyrrole nitrogens is 1. The third-order valence-electron chi connectivity index (χ3n) is 11.6. The van der Waals surface area contributed by atoms with Crippen LogP contribution in [-0.2, 0) is 5.75 Å². The second kappa shape index (κ2) is 10.6. The van der Waals surface area contributed by atoms with Gasteiger partial charge in [-0.25, -0.2) is 4.98 Å². The first-order valence-electron chi connectivity index (χ1n) is 14.9. The summed E-state index contributed by atoms with van der Waals surface area (Å²) < 4.78 is 0. The molecule has 3 N–H and O–H groups in total. The van der Waals surface area contributed by atoms with E-state index in [1.165, 1.54) is 76.3 Å². The number of imidazole rings is 1. The molecule has 3 nitrogen and oxygen atoms in total. The first kappa shape index (κ1) is 27.2. The van der Waals surface area contributed by atoms with Gasteiger partial charge in [-0.3, -0.25) is 0 Å². The molecule has 4 aliphatic rings. The van der Waals surface area contributed by atoms with Gasteiger partial charge in [-0.05, 0) is 91.8 Å². The summed E-state index contributed by atoms with van der Waals surface area (Å²) in [5, 5.41) is 0.747. The Bertz CT molecular complexity index is 913. The molecule has 5 heteroatoms. The van der Waals surface area contributed by atoms with Gasteiger partial charge in [0.15, 0.2) is 0 Å². The van der Waals surface area contributed by atoms with Gasteiger partial charge in [0.05, 0.1) is 6.33 Å². The lowest BCUT2D eigenvalue weighted by molar-refractivity contribution is -0.0676. The molecule has 0 saturated heterocycles. The number of hydrogen-bond acceptors (Lipinski definition) is 4. The Kier molecular flexibility index (Phi) is 8.04. The number of nitrogens with one attached hydrogen (secondary N) is 1. The minimum atomic E-state index is 0.0312. The van der Waals surface area contributed by atoms with Crippen molar-refractivity contribution < 1.29 is 0 Å². The molecule has 0 aromatic carbocycles. The summed E-state index contributed by atoms with van der Waals surface area (Å²) in [6, 6.07) is 0. The lowest BCUT2D eigenvalue weighted by Crippen LogP contribution is -2.65. The van der Waals surface area contributed by atoms with Crippen LogP contribution in [0.25, 0.3) is 0 Å². The fraction of sp³-hybridized carbons (Fsp3) is 0.839. The van der Waals surface area contributed by atoms with Gasteiger partial charge in [-0.15, -0.1) is 0 Å². The topological polar surface area (TPSA) is 54.7 Å². The molecule has 3 unspecified atom stereocenters. The number of rotatable bonds is 9. The Hall–Kier alpha value is -0.390. The maximum atomic E-state index is 7.63. The van der Waals surface area contributed by atoms with Crippen LogP contribution in [0.15, 0.2) is 24.2 Å². The minimum absolute atomic E-state index is 0.0312. The van der Waals surface area contributed by atoms with Gasteiger partial charge in [-0.2, -0.15) is 0 Å². The van der Waals surface area contributed by atoms with Crippen molar-refractivity contribution in [2.75, 3.05) is 0 Å². The molecule has 1 heterocycles. The minimum Gasteiger partial charge on any atom is -0.348 e. The predicted molar refractivity (Wildman–Crippen MR) is 158 cm³/mol. The molecule has 1 aromatic heterocycles. The SMILES string of the molecule is CC(C)CCC[C@@H](C)[C@H]1CC[C@@]2(N)[C@@H]3CC=C4CC(SSCc5cnc[nH]5)CCC4(C)[C@H]3CCC12C. The van der Waals surface area contributed by atoms with Gasteiger partial charge in [-0.1, -0.05) is 87.1 Å². The Balaban J connectivity index is 1.25. The Morgan fingerprint density at radius 3 is 2.67 bits per heavy atom. The van der Waals surface area contributed by atoms with Crippen molar-refractivity contribution >= 4 is 21.6 Å². The number of hydrogen-bond donors (Lipinski definition) is 2. The van der Waals surface area contributed by atoms with Gasteiger partial charge < -0.3 is 10.7 Å². The van der Waals surface area contributed by atoms with Crippen LogP contribution in [0.1, 0.15) is 111 Å². The largest absolute Gasteiger partial charge is 0.348 e. The van der Waals surface area contributed by atoms with Crippen LogP contribution in [0.5, 0.6) is 0 Å². The van der Waals surface area contributed by atoms with Crippen molar-refractivity contribution in [3.05, 3.63) is 29.9 Å². The van der Waals surface area contributed by atoms with Crippen molar-refractivity contribution in [1.29, 1.82) is 0 Å². The second-order valence-electron chi connectivity index (χ2n) is 13.8. The zero-order chi connectivity index (χ0) is 25.6. The van der Waals surface area contributed by atoms with E-state index in [9.17, 15) is 0 Å². The summed E-state index contributed by atoms with van der Waals surface area (Å²) in [6.45, 7) is 12.5. The Labute approximate surface area is 228 Å². The summed E-state index contributed by atoms with van der Waals surface area (Å²) >= 11 is 0. The number of nitrogens with two attached hydrogens (primary N) is 1. The number of aromatic nitrogens is 2. The molecule has 0 amide bonds. The van der Waals surface area contributed by atoms with Crippen molar-refractivity contribution in [3.8, 4) is 0 Å². The van der Waals surface area contributed by atoms with E-state index in [2.05, 4.69) is 61.5 Å². The lowest BCUT2D eigenvalue weighted by atomic mass is 9.44. The van der Waals surface area contributed by atoms with E-state index < -0.39 is 0 Å². The van der Waals surface area contributed by atoms with E-state index in [1.54, 1.807) is 11.9 Å². The van der Waals surface area contributed by atoms with Crippen molar-refractivity contribution in [2.45, 2.75) is 122 Å². The highest BCUT2D eigenvalue weighted by Gasteiger charge is 2.65. The molecule has 0 bridgehead atoms. The zero-order valence-corrected chi connectivity index (χ0v) is 25.2. The standard InChI is InChI=1S/C31H51N3S2/c1-21(2)7-6-8-22(3)26-13-16-31(32)28-10-9-23-17-25(36-35-19-24-18-33-20-34-24)11-14-29(23,4)27(28)12-15-30(26,31)5/h9,18,20-22,25-28H,6-8,10-17,19,32H2,1-5H3,(H,33,34)/t22-,25?,26-,27+,28-,29?,30?,31-/m1/s1. The van der Waals surface area contributed by atoms with Crippen LogP contribution >= 0.6 is 21.6 Å². The molecule has 202 valence electrons. The summed E-state index contributed by atoms with van der Waals surface area (Å²) in [5.74, 6) is 4.94. The highest BCUT2D eigenvalue weighted by molar-refractivity contribution is 8.76. The number of fused-ring (bicyclic) bond motifs is 5. The highest BCUT2D eigenvalue weighted by atomic mass is 33.1. The highest BCUT2D eigenvalue weighted by Crippen LogP contribution is 2.68. The van der Waals surface area contributed by atoms with Crippen LogP contribution in [-0.4, -0.2) is 20.8 Å². The van der Waals surface area contributed by atoms with Gasteiger partial charge in [0.1, 0.15) is 0 Å². The smallest absolute Gasteiger partial charge is 0.0921 e.